The van der Waals surface area contributed by atoms with Gasteiger partial charge in [-0.25, -0.2) is 4.79 Å². The quantitative estimate of drug-likeness (QED) is 0.104. The standard InChI is InChI=1S/C30H37NO3/c1-2-3-4-5-6-7-8-9-10-11-12-13-24-34-30(33)23-18-26-14-16-27(17-15-26)25-31-28-19-21-29(32)22-20-28/h14-23,25,32H,2-10,13,24H2,1H3/b23-18+,31-25?. The highest BCUT2D eigenvalue weighted by atomic mass is 16.5. The SMILES string of the molecule is CCCCCCCCCCC#CCCOC(=O)/C=C/c1ccc(C=Nc2ccc(O)cc2)cc1. The Labute approximate surface area is 204 Å². The Kier molecular flexibility index (Phi) is 13.6. The van der Waals surface area contributed by atoms with Crippen LogP contribution in [-0.4, -0.2) is 23.9 Å². The van der Waals surface area contributed by atoms with E-state index in [-0.39, 0.29) is 11.7 Å². The first-order valence-corrected chi connectivity index (χ1v) is 12.4. The smallest absolute Gasteiger partial charge is 0.330 e. The first-order chi connectivity index (χ1) is 16.7. The molecular formula is C30H37NO3. The van der Waals surface area contributed by atoms with Gasteiger partial charge in [0.1, 0.15) is 12.4 Å². The third-order valence-electron chi connectivity index (χ3n) is 5.31. The van der Waals surface area contributed by atoms with Gasteiger partial charge in [-0.15, -0.1) is 5.92 Å². The van der Waals surface area contributed by atoms with E-state index in [1.807, 2.05) is 24.3 Å². The number of carbonyl (C=O) groups is 1. The maximum absolute atomic E-state index is 11.9. The van der Waals surface area contributed by atoms with Crippen LogP contribution in [0, 0.1) is 11.8 Å². The lowest BCUT2D eigenvalue weighted by Gasteiger charge is -1.99. The average Bonchev–Trinajstić information content (AvgIpc) is 2.86. The van der Waals surface area contributed by atoms with Crippen molar-refractivity contribution < 1.29 is 14.6 Å². The van der Waals surface area contributed by atoms with Crippen molar-refractivity contribution in [2.45, 2.75) is 71.1 Å². The molecule has 0 heterocycles. The predicted octanol–water partition coefficient (Wildman–Crippen LogP) is 7.62. The monoisotopic (exact) mass is 459 g/mol. The van der Waals surface area contributed by atoms with Gasteiger partial charge in [-0.3, -0.25) is 4.99 Å². The first kappa shape index (κ1) is 26.9. The number of aromatic hydroxyl groups is 1. The summed E-state index contributed by atoms with van der Waals surface area (Å²) in [5, 5.41) is 9.30. The Morgan fingerprint density at radius 3 is 2.18 bits per heavy atom. The number of carbonyl (C=O) groups excluding carboxylic acids is 1. The fraction of sp³-hybridized carbons (Fsp3) is 0.400. The van der Waals surface area contributed by atoms with Crippen LogP contribution in [0.1, 0.15) is 82.3 Å². The predicted molar refractivity (Wildman–Crippen MR) is 141 cm³/mol. The van der Waals surface area contributed by atoms with Crippen LogP contribution >= 0.6 is 0 Å². The van der Waals surface area contributed by atoms with E-state index in [1.165, 1.54) is 51.0 Å². The Morgan fingerprint density at radius 1 is 0.853 bits per heavy atom. The zero-order chi connectivity index (χ0) is 24.3. The summed E-state index contributed by atoms with van der Waals surface area (Å²) in [6, 6.07) is 14.4. The molecule has 2 aromatic rings. The summed E-state index contributed by atoms with van der Waals surface area (Å²) in [5.41, 5.74) is 2.62. The second-order valence-corrected chi connectivity index (χ2v) is 8.27. The van der Waals surface area contributed by atoms with Crippen LogP contribution in [0.15, 0.2) is 59.6 Å². The van der Waals surface area contributed by atoms with E-state index in [0.717, 1.165) is 29.7 Å². The lowest BCUT2D eigenvalue weighted by Crippen LogP contribution is -2.01. The van der Waals surface area contributed by atoms with Crippen LogP contribution < -0.4 is 0 Å². The number of nitrogens with zero attached hydrogens (tertiary/aromatic N) is 1. The summed E-state index contributed by atoms with van der Waals surface area (Å²) < 4.78 is 5.21. The van der Waals surface area contributed by atoms with E-state index in [1.54, 1.807) is 36.6 Å². The summed E-state index contributed by atoms with van der Waals surface area (Å²) in [7, 11) is 0. The molecule has 4 nitrogen and oxygen atoms in total. The van der Waals surface area contributed by atoms with Crippen molar-refractivity contribution in [3.8, 4) is 17.6 Å². The Hall–Kier alpha value is -3.32. The molecule has 0 fully saturated rings. The van der Waals surface area contributed by atoms with Crippen molar-refractivity contribution >= 4 is 23.9 Å². The molecule has 0 unspecified atom stereocenters. The highest BCUT2D eigenvalue weighted by Crippen LogP contribution is 2.16. The maximum atomic E-state index is 11.9. The number of hydrogen-bond donors (Lipinski definition) is 1. The van der Waals surface area contributed by atoms with Crippen LogP contribution in [-0.2, 0) is 9.53 Å². The number of rotatable bonds is 14. The highest BCUT2D eigenvalue weighted by molar-refractivity contribution is 5.87. The van der Waals surface area contributed by atoms with Crippen molar-refractivity contribution in [2.75, 3.05) is 6.61 Å². The summed E-state index contributed by atoms with van der Waals surface area (Å²) in [5.74, 6) is 6.13. The minimum atomic E-state index is -0.358. The Balaban J connectivity index is 1.57. The van der Waals surface area contributed by atoms with Gasteiger partial charge in [0.25, 0.3) is 0 Å². The summed E-state index contributed by atoms with van der Waals surface area (Å²) in [4.78, 5) is 16.2. The van der Waals surface area contributed by atoms with Gasteiger partial charge in [0, 0.05) is 25.1 Å². The van der Waals surface area contributed by atoms with Gasteiger partial charge >= 0.3 is 5.97 Å². The molecule has 1 N–H and O–H groups in total. The topological polar surface area (TPSA) is 58.9 Å². The molecule has 2 rings (SSSR count). The largest absolute Gasteiger partial charge is 0.508 e. The molecule has 2 aromatic carbocycles. The van der Waals surface area contributed by atoms with E-state index in [9.17, 15) is 9.90 Å². The zero-order valence-corrected chi connectivity index (χ0v) is 20.3. The highest BCUT2D eigenvalue weighted by Gasteiger charge is 1.97. The molecule has 0 aliphatic carbocycles. The van der Waals surface area contributed by atoms with Gasteiger partial charge in [-0.1, -0.05) is 82.1 Å². The number of ether oxygens (including phenoxy) is 1. The van der Waals surface area contributed by atoms with E-state index in [0.29, 0.717) is 13.0 Å². The van der Waals surface area contributed by atoms with E-state index in [4.69, 9.17) is 4.74 Å². The number of hydrogen-bond acceptors (Lipinski definition) is 4. The van der Waals surface area contributed by atoms with Crippen molar-refractivity contribution in [3.63, 3.8) is 0 Å². The van der Waals surface area contributed by atoms with Gasteiger partial charge in [0.05, 0.1) is 5.69 Å². The minimum absolute atomic E-state index is 0.218. The third kappa shape index (κ3) is 12.6. The summed E-state index contributed by atoms with van der Waals surface area (Å²) in [6.07, 6.45) is 16.9. The van der Waals surface area contributed by atoms with E-state index < -0.39 is 0 Å². The van der Waals surface area contributed by atoms with Crippen LogP contribution in [0.25, 0.3) is 6.08 Å². The van der Waals surface area contributed by atoms with Crippen molar-refractivity contribution in [3.05, 3.63) is 65.7 Å². The van der Waals surface area contributed by atoms with Gasteiger partial charge in [-0.05, 0) is 47.9 Å². The van der Waals surface area contributed by atoms with Crippen molar-refractivity contribution in [2.24, 2.45) is 4.99 Å². The molecule has 0 saturated heterocycles. The first-order valence-electron chi connectivity index (χ1n) is 12.4. The maximum Gasteiger partial charge on any atom is 0.330 e. The van der Waals surface area contributed by atoms with Crippen LogP contribution in [0.2, 0.25) is 0 Å². The van der Waals surface area contributed by atoms with Crippen LogP contribution in [0.4, 0.5) is 5.69 Å². The molecule has 4 heteroatoms. The molecule has 0 aromatic heterocycles. The number of aliphatic imine (C=N–C) groups is 1. The van der Waals surface area contributed by atoms with Gasteiger partial charge in [0.2, 0.25) is 0 Å². The number of phenolic OH excluding ortho intramolecular Hbond substituents is 1. The molecule has 180 valence electrons. The van der Waals surface area contributed by atoms with Gasteiger partial charge in [0.15, 0.2) is 0 Å². The minimum Gasteiger partial charge on any atom is -0.508 e. The molecule has 0 atom stereocenters. The summed E-state index contributed by atoms with van der Waals surface area (Å²) >= 11 is 0. The van der Waals surface area contributed by atoms with Gasteiger partial charge < -0.3 is 9.84 Å². The molecular weight excluding hydrogens is 422 g/mol. The fourth-order valence-corrected chi connectivity index (χ4v) is 3.32. The molecule has 34 heavy (non-hydrogen) atoms. The second-order valence-electron chi connectivity index (χ2n) is 8.27. The molecule has 0 amide bonds. The summed E-state index contributed by atoms with van der Waals surface area (Å²) in [6.45, 7) is 2.57. The Morgan fingerprint density at radius 2 is 1.47 bits per heavy atom. The molecule has 0 spiro atoms. The lowest BCUT2D eigenvalue weighted by atomic mass is 10.1. The zero-order valence-electron chi connectivity index (χ0n) is 20.3. The van der Waals surface area contributed by atoms with Crippen LogP contribution in [0.5, 0.6) is 5.75 Å². The molecule has 0 saturated carbocycles. The number of esters is 1. The number of phenols is 1. The molecule has 0 aliphatic rings. The second kappa shape index (κ2) is 17.2. The normalized spacial score (nSPS) is 11.0. The Bertz CT molecular complexity index is 947. The van der Waals surface area contributed by atoms with Crippen molar-refractivity contribution in [1.82, 2.24) is 0 Å². The van der Waals surface area contributed by atoms with Crippen LogP contribution in [0.3, 0.4) is 0 Å². The van der Waals surface area contributed by atoms with E-state index in [2.05, 4.69) is 23.8 Å². The average molecular weight is 460 g/mol. The lowest BCUT2D eigenvalue weighted by molar-refractivity contribution is -0.137. The molecule has 0 bridgehead atoms. The fourth-order valence-electron chi connectivity index (χ4n) is 3.32. The van der Waals surface area contributed by atoms with Gasteiger partial charge in [-0.2, -0.15) is 0 Å². The molecule has 0 aliphatic heterocycles. The number of benzene rings is 2. The van der Waals surface area contributed by atoms with Crippen molar-refractivity contribution in [1.29, 1.82) is 0 Å². The third-order valence-corrected chi connectivity index (χ3v) is 5.31. The molecule has 0 radical (unpaired) electrons. The number of unbranched alkanes of at least 4 members (excludes halogenated alkanes) is 8. The van der Waals surface area contributed by atoms with E-state index >= 15 is 0 Å².